The third kappa shape index (κ3) is 4.42. The molecule has 0 fully saturated rings. The fourth-order valence-electron chi connectivity index (χ4n) is 2.15. The maximum atomic E-state index is 10.5. The van der Waals surface area contributed by atoms with Crippen molar-refractivity contribution in [3.05, 3.63) is 23.8 Å². The highest BCUT2D eigenvalue weighted by Gasteiger charge is 2.12. The number of benzene rings is 1. The lowest BCUT2D eigenvalue weighted by Gasteiger charge is -2.11. The van der Waals surface area contributed by atoms with Crippen molar-refractivity contribution in [1.29, 1.82) is 0 Å². The molecule has 0 amide bonds. The average Bonchev–Trinajstić information content (AvgIpc) is 2.88. The highest BCUT2D eigenvalue weighted by atomic mass is 16.7. The van der Waals surface area contributed by atoms with Crippen LogP contribution in [0.2, 0.25) is 0 Å². The summed E-state index contributed by atoms with van der Waals surface area (Å²) in [5.74, 6) is 1.32. The van der Waals surface area contributed by atoms with Crippen molar-refractivity contribution in [3.63, 3.8) is 0 Å². The van der Waals surface area contributed by atoms with Gasteiger partial charge in [0.1, 0.15) is 0 Å². The largest absolute Gasteiger partial charge is 0.481 e. The molecule has 1 aromatic rings. The molecular formula is C15H21NO4. The van der Waals surface area contributed by atoms with Crippen LogP contribution in [0.25, 0.3) is 0 Å². The molecule has 20 heavy (non-hydrogen) atoms. The topological polar surface area (TPSA) is 67.8 Å². The first-order valence-corrected chi connectivity index (χ1v) is 6.96. The van der Waals surface area contributed by atoms with E-state index in [1.165, 1.54) is 0 Å². The van der Waals surface area contributed by atoms with Gasteiger partial charge >= 0.3 is 5.97 Å². The molecule has 5 nitrogen and oxygen atoms in total. The Labute approximate surface area is 118 Å². The van der Waals surface area contributed by atoms with E-state index in [0.29, 0.717) is 12.7 Å². The van der Waals surface area contributed by atoms with E-state index in [-0.39, 0.29) is 6.42 Å². The van der Waals surface area contributed by atoms with Crippen LogP contribution in [0.4, 0.5) is 0 Å². The standard InChI is InChI=1S/C15H21NO4/c1-11(2-5-15(17)18)6-7-16-9-12-3-4-13-14(8-12)20-10-19-13/h3-4,8,11,16H,2,5-7,9-10H2,1H3,(H,17,18). The van der Waals surface area contributed by atoms with Gasteiger partial charge in [-0.15, -0.1) is 0 Å². The predicted octanol–water partition coefficient (Wildman–Crippen LogP) is 2.40. The smallest absolute Gasteiger partial charge is 0.303 e. The van der Waals surface area contributed by atoms with Crippen LogP contribution in [0.1, 0.15) is 31.7 Å². The lowest BCUT2D eigenvalue weighted by Crippen LogP contribution is -2.17. The van der Waals surface area contributed by atoms with Crippen molar-refractivity contribution in [2.75, 3.05) is 13.3 Å². The first kappa shape index (κ1) is 14.7. The second-order valence-electron chi connectivity index (χ2n) is 5.19. The minimum atomic E-state index is -0.717. The van der Waals surface area contributed by atoms with Crippen molar-refractivity contribution in [2.24, 2.45) is 5.92 Å². The van der Waals surface area contributed by atoms with Crippen LogP contribution in [0.15, 0.2) is 18.2 Å². The third-order valence-corrected chi connectivity index (χ3v) is 3.43. The lowest BCUT2D eigenvalue weighted by molar-refractivity contribution is -0.137. The van der Waals surface area contributed by atoms with E-state index in [4.69, 9.17) is 14.6 Å². The molecule has 0 aliphatic carbocycles. The summed E-state index contributed by atoms with van der Waals surface area (Å²) in [5.41, 5.74) is 1.16. The maximum absolute atomic E-state index is 10.5. The summed E-state index contributed by atoms with van der Waals surface area (Å²) >= 11 is 0. The molecule has 5 heteroatoms. The van der Waals surface area contributed by atoms with E-state index in [2.05, 4.69) is 12.2 Å². The summed E-state index contributed by atoms with van der Waals surface area (Å²) in [7, 11) is 0. The number of rotatable bonds is 8. The molecule has 1 aromatic carbocycles. The minimum absolute atomic E-state index is 0.253. The van der Waals surface area contributed by atoms with Gasteiger partial charge < -0.3 is 19.9 Å². The predicted molar refractivity (Wildman–Crippen MR) is 74.9 cm³/mol. The summed E-state index contributed by atoms with van der Waals surface area (Å²) in [6.07, 6.45) is 1.97. The highest BCUT2D eigenvalue weighted by Crippen LogP contribution is 2.32. The molecule has 1 aliphatic heterocycles. The first-order chi connectivity index (χ1) is 9.65. The van der Waals surface area contributed by atoms with E-state index in [0.717, 1.165) is 43.0 Å². The number of aliphatic carboxylic acids is 1. The molecule has 2 N–H and O–H groups in total. The van der Waals surface area contributed by atoms with Gasteiger partial charge in [-0.2, -0.15) is 0 Å². The van der Waals surface area contributed by atoms with Crippen LogP contribution in [-0.4, -0.2) is 24.4 Å². The number of fused-ring (bicyclic) bond motifs is 1. The summed E-state index contributed by atoms with van der Waals surface area (Å²) < 4.78 is 10.6. The van der Waals surface area contributed by atoms with E-state index >= 15 is 0 Å². The van der Waals surface area contributed by atoms with Gasteiger partial charge in [0.25, 0.3) is 0 Å². The number of hydrogen-bond donors (Lipinski definition) is 2. The molecule has 0 saturated carbocycles. The monoisotopic (exact) mass is 279 g/mol. The van der Waals surface area contributed by atoms with Crippen molar-refractivity contribution in [1.82, 2.24) is 5.32 Å². The Hall–Kier alpha value is -1.75. The zero-order valence-corrected chi connectivity index (χ0v) is 11.7. The molecule has 0 aromatic heterocycles. The Balaban J connectivity index is 1.65. The molecule has 1 atom stereocenters. The molecule has 110 valence electrons. The van der Waals surface area contributed by atoms with E-state index in [1.807, 2.05) is 18.2 Å². The molecule has 1 unspecified atom stereocenters. The van der Waals surface area contributed by atoms with Gasteiger partial charge in [-0.1, -0.05) is 13.0 Å². The van der Waals surface area contributed by atoms with Crippen molar-refractivity contribution in [3.8, 4) is 11.5 Å². The Bertz CT molecular complexity index is 461. The van der Waals surface area contributed by atoms with Crippen LogP contribution >= 0.6 is 0 Å². The van der Waals surface area contributed by atoms with E-state index in [1.54, 1.807) is 0 Å². The molecule has 2 rings (SSSR count). The Kier molecular flexibility index (Phi) is 5.24. The van der Waals surface area contributed by atoms with E-state index < -0.39 is 5.97 Å². The van der Waals surface area contributed by atoms with Gasteiger partial charge in [0.15, 0.2) is 11.5 Å². The zero-order chi connectivity index (χ0) is 14.4. The van der Waals surface area contributed by atoms with Crippen LogP contribution < -0.4 is 14.8 Å². The van der Waals surface area contributed by atoms with Gasteiger partial charge in [-0.3, -0.25) is 4.79 Å². The van der Waals surface area contributed by atoms with Crippen LogP contribution in [0.5, 0.6) is 11.5 Å². The first-order valence-electron chi connectivity index (χ1n) is 6.96. The summed E-state index contributed by atoms with van der Waals surface area (Å²) in [6, 6.07) is 5.94. The maximum Gasteiger partial charge on any atom is 0.303 e. The van der Waals surface area contributed by atoms with Crippen LogP contribution in [-0.2, 0) is 11.3 Å². The van der Waals surface area contributed by atoms with Gasteiger partial charge in [0, 0.05) is 13.0 Å². The SMILES string of the molecule is CC(CCNCc1ccc2c(c1)OCO2)CCC(=O)O. The number of carbonyl (C=O) groups is 1. The van der Waals surface area contributed by atoms with Gasteiger partial charge in [-0.05, 0) is 43.0 Å². The number of ether oxygens (including phenoxy) is 2. The van der Waals surface area contributed by atoms with Gasteiger partial charge in [0.05, 0.1) is 0 Å². The van der Waals surface area contributed by atoms with Crippen molar-refractivity contribution >= 4 is 5.97 Å². The van der Waals surface area contributed by atoms with Gasteiger partial charge in [-0.25, -0.2) is 0 Å². The summed E-state index contributed by atoms with van der Waals surface area (Å²) in [6.45, 7) is 4.05. The highest BCUT2D eigenvalue weighted by molar-refractivity contribution is 5.66. The van der Waals surface area contributed by atoms with Crippen molar-refractivity contribution in [2.45, 2.75) is 32.7 Å². The second kappa shape index (κ2) is 7.14. The molecule has 0 saturated heterocycles. The number of carboxylic acid groups (broad SMARTS) is 1. The van der Waals surface area contributed by atoms with Gasteiger partial charge in [0.2, 0.25) is 6.79 Å². The minimum Gasteiger partial charge on any atom is -0.481 e. The Morgan fingerprint density at radius 3 is 2.95 bits per heavy atom. The Morgan fingerprint density at radius 1 is 1.35 bits per heavy atom. The molecule has 0 spiro atoms. The molecule has 0 radical (unpaired) electrons. The summed E-state index contributed by atoms with van der Waals surface area (Å²) in [4.78, 5) is 10.5. The quantitative estimate of drug-likeness (QED) is 0.715. The fraction of sp³-hybridized carbons (Fsp3) is 0.533. The molecular weight excluding hydrogens is 258 g/mol. The lowest BCUT2D eigenvalue weighted by atomic mass is 10.0. The molecule has 1 heterocycles. The number of hydrogen-bond acceptors (Lipinski definition) is 4. The van der Waals surface area contributed by atoms with Crippen molar-refractivity contribution < 1.29 is 19.4 Å². The van der Waals surface area contributed by atoms with Crippen LogP contribution in [0, 0.1) is 5.92 Å². The molecule has 1 aliphatic rings. The molecule has 0 bridgehead atoms. The normalized spacial score (nSPS) is 14.2. The summed E-state index contributed by atoms with van der Waals surface area (Å²) in [5, 5.41) is 12.0. The average molecular weight is 279 g/mol. The van der Waals surface area contributed by atoms with Crippen LogP contribution in [0.3, 0.4) is 0 Å². The zero-order valence-electron chi connectivity index (χ0n) is 11.7. The number of carboxylic acids is 1. The fourth-order valence-corrected chi connectivity index (χ4v) is 2.15. The van der Waals surface area contributed by atoms with E-state index in [9.17, 15) is 4.79 Å². The number of nitrogens with one attached hydrogen (secondary N) is 1. The second-order valence-corrected chi connectivity index (χ2v) is 5.19. The Morgan fingerprint density at radius 2 is 2.15 bits per heavy atom. The third-order valence-electron chi connectivity index (χ3n) is 3.43.